The summed E-state index contributed by atoms with van der Waals surface area (Å²) in [7, 11) is 0. The number of aliphatic carboxylic acids is 1. The molecule has 2 aromatic heterocycles. The zero-order valence-corrected chi connectivity index (χ0v) is 11.9. The van der Waals surface area contributed by atoms with Gasteiger partial charge in [0.2, 0.25) is 0 Å². The van der Waals surface area contributed by atoms with Gasteiger partial charge < -0.3 is 10.4 Å². The van der Waals surface area contributed by atoms with Gasteiger partial charge in [-0.2, -0.15) is 0 Å². The summed E-state index contributed by atoms with van der Waals surface area (Å²) in [6.07, 6.45) is 4.98. The topological polar surface area (TPSA) is 101 Å². The number of nitrogens with one attached hydrogen (secondary N) is 1. The van der Waals surface area contributed by atoms with Crippen LogP contribution in [0.1, 0.15) is 36.0 Å². The number of carbonyl (C=O) groups excluding carboxylic acids is 1. The van der Waals surface area contributed by atoms with Crippen LogP contribution in [0.25, 0.3) is 4.96 Å². The third-order valence-corrected chi connectivity index (χ3v) is 4.58. The van der Waals surface area contributed by atoms with Crippen molar-refractivity contribution in [1.82, 2.24) is 14.7 Å². The number of thiazole rings is 1. The summed E-state index contributed by atoms with van der Waals surface area (Å²) in [4.78, 5) is 40.4. The van der Waals surface area contributed by atoms with Crippen LogP contribution in [-0.2, 0) is 4.79 Å². The van der Waals surface area contributed by atoms with Crippen molar-refractivity contribution in [2.75, 3.05) is 0 Å². The number of carboxylic acids is 1. The lowest BCUT2D eigenvalue weighted by Gasteiger charge is -2.25. The van der Waals surface area contributed by atoms with E-state index in [1.54, 1.807) is 5.38 Å². The maximum Gasteiger partial charge on any atom is 0.329 e. The van der Waals surface area contributed by atoms with Crippen LogP contribution in [-0.4, -0.2) is 31.9 Å². The third kappa shape index (κ3) is 2.21. The highest BCUT2D eigenvalue weighted by Crippen LogP contribution is 2.30. The van der Waals surface area contributed by atoms with Crippen molar-refractivity contribution in [3.8, 4) is 0 Å². The van der Waals surface area contributed by atoms with Gasteiger partial charge in [0, 0.05) is 17.8 Å². The summed E-state index contributed by atoms with van der Waals surface area (Å²) in [5.74, 6) is -1.74. The normalized spacial score (nSPS) is 17.0. The van der Waals surface area contributed by atoms with Gasteiger partial charge in [0.05, 0.1) is 0 Å². The highest BCUT2D eigenvalue weighted by molar-refractivity contribution is 7.15. The minimum Gasteiger partial charge on any atom is -0.480 e. The average Bonchev–Trinajstić information content (AvgIpc) is 3.08. The molecule has 1 aliphatic carbocycles. The van der Waals surface area contributed by atoms with E-state index in [1.165, 1.54) is 28.1 Å². The van der Waals surface area contributed by atoms with E-state index in [-0.39, 0.29) is 5.56 Å². The van der Waals surface area contributed by atoms with Crippen molar-refractivity contribution < 1.29 is 14.7 Å². The molecule has 1 fully saturated rings. The summed E-state index contributed by atoms with van der Waals surface area (Å²) in [5, 5.41) is 13.6. The van der Waals surface area contributed by atoms with Crippen LogP contribution in [0.4, 0.5) is 0 Å². The zero-order valence-electron chi connectivity index (χ0n) is 11.0. The maximum absolute atomic E-state index is 12.3. The standard InChI is InChI=1S/C13H13N3O4S/c17-9(15-13(11(19)20)3-1-2-4-13)8-7-14-12-16(10(8)18)5-6-21-12/h5-7H,1-4H2,(H,15,17)(H,19,20). The maximum atomic E-state index is 12.3. The minimum absolute atomic E-state index is 0.140. The van der Waals surface area contributed by atoms with Crippen molar-refractivity contribution in [2.24, 2.45) is 0 Å². The Hall–Kier alpha value is -2.22. The molecule has 1 saturated carbocycles. The zero-order chi connectivity index (χ0) is 15.0. The Labute approximate surface area is 123 Å². The van der Waals surface area contributed by atoms with Gasteiger partial charge in [-0.3, -0.25) is 14.0 Å². The largest absolute Gasteiger partial charge is 0.480 e. The number of nitrogens with zero attached hydrogens (tertiary/aromatic N) is 2. The fourth-order valence-electron chi connectivity index (χ4n) is 2.64. The molecule has 2 N–H and O–H groups in total. The van der Waals surface area contributed by atoms with E-state index in [4.69, 9.17) is 0 Å². The van der Waals surface area contributed by atoms with Gasteiger partial charge in [0.15, 0.2) is 4.96 Å². The van der Waals surface area contributed by atoms with Crippen LogP contribution in [0.5, 0.6) is 0 Å². The molecule has 2 heterocycles. The van der Waals surface area contributed by atoms with Gasteiger partial charge in [0.1, 0.15) is 11.1 Å². The second-order valence-electron chi connectivity index (χ2n) is 5.08. The molecule has 1 amide bonds. The van der Waals surface area contributed by atoms with Gasteiger partial charge in [-0.05, 0) is 12.8 Å². The molecule has 0 aliphatic heterocycles. The van der Waals surface area contributed by atoms with Gasteiger partial charge in [-0.15, -0.1) is 11.3 Å². The van der Waals surface area contributed by atoms with E-state index in [1.807, 2.05) is 0 Å². The van der Waals surface area contributed by atoms with Crippen molar-refractivity contribution in [3.63, 3.8) is 0 Å². The minimum atomic E-state index is -1.27. The number of fused-ring (bicyclic) bond motifs is 1. The first-order chi connectivity index (χ1) is 10.0. The van der Waals surface area contributed by atoms with Crippen molar-refractivity contribution >= 4 is 28.2 Å². The molecule has 2 aromatic rings. The van der Waals surface area contributed by atoms with Crippen LogP contribution in [0.2, 0.25) is 0 Å². The molecule has 3 rings (SSSR count). The second kappa shape index (κ2) is 4.96. The van der Waals surface area contributed by atoms with Crippen LogP contribution in [0, 0.1) is 0 Å². The Balaban J connectivity index is 1.95. The van der Waals surface area contributed by atoms with Gasteiger partial charge in [-0.1, -0.05) is 12.8 Å². The summed E-state index contributed by atoms with van der Waals surface area (Å²) in [6.45, 7) is 0. The summed E-state index contributed by atoms with van der Waals surface area (Å²) in [5.41, 5.74) is -1.90. The first kappa shape index (κ1) is 13.7. The van der Waals surface area contributed by atoms with Crippen molar-refractivity contribution in [3.05, 3.63) is 33.7 Å². The highest BCUT2D eigenvalue weighted by atomic mass is 32.1. The molecule has 0 radical (unpaired) electrons. The van der Waals surface area contributed by atoms with E-state index < -0.39 is 23.0 Å². The molecule has 110 valence electrons. The highest BCUT2D eigenvalue weighted by Gasteiger charge is 2.43. The van der Waals surface area contributed by atoms with E-state index in [0.717, 1.165) is 12.8 Å². The van der Waals surface area contributed by atoms with E-state index in [2.05, 4.69) is 10.3 Å². The molecule has 0 unspecified atom stereocenters. The first-order valence-corrected chi connectivity index (χ1v) is 7.42. The van der Waals surface area contributed by atoms with Crippen LogP contribution >= 0.6 is 11.3 Å². The quantitative estimate of drug-likeness (QED) is 0.876. The fourth-order valence-corrected chi connectivity index (χ4v) is 3.31. The monoisotopic (exact) mass is 307 g/mol. The molecular formula is C13H13N3O4S. The van der Waals surface area contributed by atoms with Gasteiger partial charge in [0.25, 0.3) is 11.5 Å². The van der Waals surface area contributed by atoms with Crippen LogP contribution in [0.3, 0.4) is 0 Å². The summed E-state index contributed by atoms with van der Waals surface area (Å²) >= 11 is 1.28. The molecule has 0 bridgehead atoms. The SMILES string of the molecule is O=C(NC1(C(=O)O)CCCC1)c1cnc2sccn2c1=O. The molecular weight excluding hydrogens is 294 g/mol. The number of carbonyl (C=O) groups is 2. The Morgan fingerprint density at radius 2 is 2.10 bits per heavy atom. The van der Waals surface area contributed by atoms with E-state index >= 15 is 0 Å². The smallest absolute Gasteiger partial charge is 0.329 e. The number of hydrogen-bond donors (Lipinski definition) is 2. The summed E-state index contributed by atoms with van der Waals surface area (Å²) < 4.78 is 1.28. The third-order valence-electron chi connectivity index (χ3n) is 3.81. The Morgan fingerprint density at radius 1 is 1.38 bits per heavy atom. The van der Waals surface area contributed by atoms with Crippen LogP contribution < -0.4 is 10.9 Å². The second-order valence-corrected chi connectivity index (χ2v) is 5.95. The lowest BCUT2D eigenvalue weighted by molar-refractivity contribution is -0.144. The molecule has 0 spiro atoms. The first-order valence-electron chi connectivity index (χ1n) is 6.54. The summed E-state index contributed by atoms with van der Waals surface area (Å²) in [6, 6.07) is 0. The Morgan fingerprint density at radius 3 is 2.76 bits per heavy atom. The number of carboxylic acid groups (broad SMARTS) is 1. The predicted octanol–water partition coefficient (Wildman–Crippen LogP) is 0.883. The molecule has 1 aliphatic rings. The molecule has 0 aromatic carbocycles. The fraction of sp³-hybridized carbons (Fsp3) is 0.385. The molecule has 0 saturated heterocycles. The van der Waals surface area contributed by atoms with E-state index in [9.17, 15) is 19.5 Å². The lowest BCUT2D eigenvalue weighted by Crippen LogP contribution is -2.53. The Bertz CT molecular complexity index is 773. The molecule has 0 atom stereocenters. The number of amides is 1. The van der Waals surface area contributed by atoms with Gasteiger partial charge in [-0.25, -0.2) is 9.78 Å². The van der Waals surface area contributed by atoms with Gasteiger partial charge >= 0.3 is 5.97 Å². The number of hydrogen-bond acceptors (Lipinski definition) is 5. The molecule has 7 nitrogen and oxygen atoms in total. The average molecular weight is 307 g/mol. The van der Waals surface area contributed by atoms with Crippen molar-refractivity contribution in [2.45, 2.75) is 31.2 Å². The predicted molar refractivity (Wildman–Crippen MR) is 75.6 cm³/mol. The molecule has 21 heavy (non-hydrogen) atoms. The van der Waals surface area contributed by atoms with E-state index in [0.29, 0.717) is 17.8 Å². The lowest BCUT2D eigenvalue weighted by atomic mass is 9.97. The van der Waals surface area contributed by atoms with Crippen molar-refractivity contribution in [1.29, 1.82) is 0 Å². The van der Waals surface area contributed by atoms with Crippen LogP contribution in [0.15, 0.2) is 22.6 Å². The Kier molecular flexibility index (Phi) is 3.25. The number of rotatable bonds is 3. The molecule has 8 heteroatoms. The number of aromatic nitrogens is 2.